The highest BCUT2D eigenvalue weighted by Gasteiger charge is 2.39. The zero-order chi connectivity index (χ0) is 19.6. The van der Waals surface area contributed by atoms with Crippen molar-refractivity contribution in [3.63, 3.8) is 0 Å². The second-order valence-electron chi connectivity index (χ2n) is 5.68. The molecule has 1 heterocycles. The molecule has 3 rings (SSSR count). The van der Waals surface area contributed by atoms with Gasteiger partial charge in [0.25, 0.3) is 21.9 Å². The molecule has 0 spiro atoms. The first-order chi connectivity index (χ1) is 12.7. The van der Waals surface area contributed by atoms with Crippen molar-refractivity contribution < 1.29 is 27.1 Å². The van der Waals surface area contributed by atoms with Gasteiger partial charge in [-0.3, -0.25) is 14.4 Å². The fourth-order valence-corrected chi connectivity index (χ4v) is 2.83. The van der Waals surface area contributed by atoms with Crippen molar-refractivity contribution in [1.82, 2.24) is 5.06 Å². The summed E-state index contributed by atoms with van der Waals surface area (Å²) in [6.45, 7) is 0. The molecule has 8 nitrogen and oxygen atoms in total. The Bertz CT molecular complexity index is 1060. The van der Waals surface area contributed by atoms with Crippen molar-refractivity contribution in [2.45, 2.75) is 0 Å². The maximum absolute atomic E-state index is 12.2. The average Bonchev–Trinajstić information content (AvgIpc) is 2.84. The number of rotatable bonds is 5. The molecule has 1 aliphatic heterocycles. The van der Waals surface area contributed by atoms with Crippen LogP contribution in [-0.2, 0) is 19.2 Å². The summed E-state index contributed by atoms with van der Waals surface area (Å²) in [6, 6.07) is 13.2. The van der Waals surface area contributed by atoms with Crippen molar-refractivity contribution in [2.75, 3.05) is 11.6 Å². The van der Waals surface area contributed by atoms with Gasteiger partial charge in [-0.25, -0.2) is 0 Å². The summed E-state index contributed by atoms with van der Waals surface area (Å²) >= 11 is 0. The van der Waals surface area contributed by atoms with Gasteiger partial charge in [-0.1, -0.05) is 30.3 Å². The quantitative estimate of drug-likeness (QED) is 0.620. The molecular formula is C18H14N2O6S. The molecule has 2 aromatic rings. The Morgan fingerprint density at radius 2 is 1.70 bits per heavy atom. The summed E-state index contributed by atoms with van der Waals surface area (Å²) in [5.41, 5.74) is 1.05. The molecule has 27 heavy (non-hydrogen) atoms. The monoisotopic (exact) mass is 386 g/mol. The van der Waals surface area contributed by atoms with E-state index in [2.05, 4.69) is 9.60 Å². The van der Waals surface area contributed by atoms with Crippen molar-refractivity contribution in [3.8, 4) is 0 Å². The normalized spacial score (nSPS) is 13.9. The van der Waals surface area contributed by atoms with Gasteiger partial charge in [0.05, 0.1) is 17.4 Å². The van der Waals surface area contributed by atoms with E-state index in [1.807, 2.05) is 30.3 Å². The van der Waals surface area contributed by atoms with Crippen molar-refractivity contribution in [3.05, 3.63) is 71.3 Å². The van der Waals surface area contributed by atoms with Crippen molar-refractivity contribution >= 4 is 39.6 Å². The standard InChI is InChI=1S/C18H14N2O6S/c1-27(24,25)26-20-17(22)14-9-8-13(11-15(14)18(20)23)19-16(21)10-7-12-5-3-2-4-6-12/h2-11H,1H3,(H,19,21)/b10-7+. The third-order valence-electron chi connectivity index (χ3n) is 3.55. The molecule has 2 aromatic carbocycles. The summed E-state index contributed by atoms with van der Waals surface area (Å²) in [6.07, 6.45) is 3.68. The number of imide groups is 1. The predicted octanol–water partition coefficient (Wildman–Crippen LogP) is 1.83. The summed E-state index contributed by atoms with van der Waals surface area (Å²) in [4.78, 5) is 36.3. The molecular weight excluding hydrogens is 372 g/mol. The topological polar surface area (TPSA) is 110 Å². The van der Waals surface area contributed by atoms with Gasteiger partial charge < -0.3 is 5.32 Å². The minimum Gasteiger partial charge on any atom is -0.322 e. The Morgan fingerprint density at radius 3 is 2.37 bits per heavy atom. The highest BCUT2D eigenvalue weighted by atomic mass is 32.2. The van der Waals surface area contributed by atoms with E-state index < -0.39 is 27.8 Å². The molecule has 138 valence electrons. The summed E-state index contributed by atoms with van der Waals surface area (Å²) in [5.74, 6) is -2.24. The molecule has 0 bridgehead atoms. The molecule has 0 unspecified atom stereocenters. The van der Waals surface area contributed by atoms with Crippen LogP contribution in [0.4, 0.5) is 5.69 Å². The number of carbonyl (C=O) groups excluding carboxylic acids is 3. The predicted molar refractivity (Wildman–Crippen MR) is 97.0 cm³/mol. The molecule has 0 aliphatic carbocycles. The van der Waals surface area contributed by atoms with Crippen molar-refractivity contribution in [1.29, 1.82) is 0 Å². The Kier molecular flexibility index (Phi) is 4.89. The number of benzene rings is 2. The smallest absolute Gasteiger partial charge is 0.287 e. The third kappa shape index (κ3) is 4.27. The minimum absolute atomic E-state index is 0.0125. The highest BCUT2D eigenvalue weighted by Crippen LogP contribution is 2.26. The van der Waals surface area contributed by atoms with Crippen LogP contribution in [0.25, 0.3) is 6.08 Å². The van der Waals surface area contributed by atoms with Crippen LogP contribution in [0.2, 0.25) is 0 Å². The lowest BCUT2D eigenvalue weighted by Gasteiger charge is -2.09. The number of hydrogen-bond acceptors (Lipinski definition) is 6. The minimum atomic E-state index is -4.05. The van der Waals surface area contributed by atoms with Gasteiger partial charge in [-0.2, -0.15) is 8.42 Å². The molecule has 9 heteroatoms. The van der Waals surface area contributed by atoms with Crippen LogP contribution in [0.15, 0.2) is 54.6 Å². The Morgan fingerprint density at radius 1 is 1.04 bits per heavy atom. The van der Waals surface area contributed by atoms with Gasteiger partial charge in [-0.05, 0) is 29.8 Å². The Hall–Kier alpha value is -3.30. The lowest BCUT2D eigenvalue weighted by atomic mass is 10.1. The number of carbonyl (C=O) groups is 3. The number of hydroxylamine groups is 2. The first-order valence-electron chi connectivity index (χ1n) is 7.71. The first-order valence-corrected chi connectivity index (χ1v) is 9.53. The van der Waals surface area contributed by atoms with Crippen LogP contribution >= 0.6 is 0 Å². The molecule has 0 fully saturated rings. The van der Waals surface area contributed by atoms with Crippen LogP contribution in [0.5, 0.6) is 0 Å². The fraction of sp³-hybridized carbons (Fsp3) is 0.0556. The van der Waals surface area contributed by atoms with E-state index in [4.69, 9.17) is 0 Å². The summed E-state index contributed by atoms with van der Waals surface area (Å²) in [7, 11) is -4.05. The largest absolute Gasteiger partial charge is 0.322 e. The number of fused-ring (bicyclic) bond motifs is 1. The molecule has 1 aliphatic rings. The van der Waals surface area contributed by atoms with Gasteiger partial charge in [0.15, 0.2) is 0 Å². The molecule has 0 radical (unpaired) electrons. The van der Waals surface area contributed by atoms with E-state index in [-0.39, 0.29) is 21.9 Å². The number of nitrogens with one attached hydrogen (secondary N) is 1. The van der Waals surface area contributed by atoms with Crippen molar-refractivity contribution in [2.24, 2.45) is 0 Å². The summed E-state index contributed by atoms with van der Waals surface area (Å²) in [5, 5.41) is 2.75. The molecule has 0 aromatic heterocycles. The number of hydrogen-bond donors (Lipinski definition) is 1. The number of nitrogens with zero attached hydrogens (tertiary/aromatic N) is 1. The van der Waals surface area contributed by atoms with E-state index >= 15 is 0 Å². The van der Waals surface area contributed by atoms with Crippen LogP contribution in [0.3, 0.4) is 0 Å². The SMILES string of the molecule is CS(=O)(=O)ON1C(=O)c2ccc(NC(=O)/C=C/c3ccccc3)cc2C1=O. The van der Waals surface area contributed by atoms with Gasteiger partial charge >= 0.3 is 0 Å². The van der Waals surface area contributed by atoms with E-state index in [0.717, 1.165) is 11.8 Å². The Labute approximate surface area is 155 Å². The van der Waals surface area contributed by atoms with Gasteiger partial charge in [0, 0.05) is 11.8 Å². The van der Waals surface area contributed by atoms with Crippen LogP contribution in [0, 0.1) is 0 Å². The summed E-state index contributed by atoms with van der Waals surface area (Å²) < 4.78 is 26.8. The van der Waals surface area contributed by atoms with Gasteiger partial charge in [0.2, 0.25) is 5.91 Å². The van der Waals surface area contributed by atoms with Crippen LogP contribution in [-0.4, -0.2) is 37.5 Å². The van der Waals surface area contributed by atoms with Crippen LogP contribution in [0.1, 0.15) is 26.3 Å². The maximum atomic E-state index is 12.2. The maximum Gasteiger partial charge on any atom is 0.287 e. The van der Waals surface area contributed by atoms with E-state index in [0.29, 0.717) is 0 Å². The fourth-order valence-electron chi connectivity index (χ4n) is 2.42. The molecule has 0 atom stereocenters. The second-order valence-corrected chi connectivity index (χ2v) is 7.23. The molecule has 3 amide bonds. The molecule has 0 saturated heterocycles. The lowest BCUT2D eigenvalue weighted by Crippen LogP contribution is -2.32. The molecule has 1 N–H and O–H groups in total. The van der Waals surface area contributed by atoms with E-state index in [9.17, 15) is 22.8 Å². The number of amides is 3. The zero-order valence-corrected chi connectivity index (χ0v) is 14.9. The van der Waals surface area contributed by atoms with Gasteiger partial charge in [0.1, 0.15) is 0 Å². The molecule has 0 saturated carbocycles. The third-order valence-corrected chi connectivity index (χ3v) is 3.97. The van der Waals surface area contributed by atoms with Crippen LogP contribution < -0.4 is 5.32 Å². The van der Waals surface area contributed by atoms with E-state index in [1.165, 1.54) is 24.3 Å². The van der Waals surface area contributed by atoms with Gasteiger partial charge in [-0.15, -0.1) is 9.35 Å². The Balaban J connectivity index is 1.76. The zero-order valence-electron chi connectivity index (χ0n) is 14.1. The first kappa shape index (κ1) is 18.5. The average molecular weight is 386 g/mol. The second kappa shape index (κ2) is 7.14. The lowest BCUT2D eigenvalue weighted by molar-refractivity contribution is -0.111. The number of anilines is 1. The van der Waals surface area contributed by atoms with E-state index in [1.54, 1.807) is 6.08 Å². The highest BCUT2D eigenvalue weighted by molar-refractivity contribution is 7.85.